The molecular weight excluding hydrogens is 258 g/mol. The lowest BCUT2D eigenvalue weighted by Crippen LogP contribution is -2.47. The van der Waals surface area contributed by atoms with Gasteiger partial charge in [-0.05, 0) is 63.4 Å². The molecule has 4 heteroatoms. The summed E-state index contributed by atoms with van der Waals surface area (Å²) in [4.78, 5) is 2.51. The minimum atomic E-state index is -0.489. The minimum absolute atomic E-state index is 0.489. The lowest BCUT2D eigenvalue weighted by Gasteiger charge is -2.36. The van der Waals surface area contributed by atoms with Crippen LogP contribution >= 0.6 is 0 Å². The van der Waals surface area contributed by atoms with E-state index in [1.807, 2.05) is 0 Å². The molecule has 0 spiro atoms. The highest BCUT2D eigenvalue weighted by Gasteiger charge is 2.37. The molecule has 2 heterocycles. The maximum Gasteiger partial charge on any atom is 0.126 e. The van der Waals surface area contributed by atoms with Gasteiger partial charge in [-0.3, -0.25) is 0 Å². The highest BCUT2D eigenvalue weighted by molar-refractivity contribution is 5.18. The lowest BCUT2D eigenvalue weighted by molar-refractivity contribution is 0.149. The SMILES string of the molecule is CN1C2CCC1CC(NCCc1cc(F)cc(F)c1)C2. The Kier molecular flexibility index (Phi) is 4.03. The van der Waals surface area contributed by atoms with Crippen molar-refractivity contribution < 1.29 is 8.78 Å². The van der Waals surface area contributed by atoms with E-state index in [-0.39, 0.29) is 0 Å². The topological polar surface area (TPSA) is 15.3 Å². The molecule has 0 amide bonds. The fourth-order valence-corrected chi connectivity index (χ4v) is 3.75. The first kappa shape index (κ1) is 14.0. The predicted octanol–water partition coefficient (Wildman–Crippen LogP) is 2.72. The van der Waals surface area contributed by atoms with Crippen molar-refractivity contribution in [3.05, 3.63) is 35.4 Å². The van der Waals surface area contributed by atoms with E-state index in [1.54, 1.807) is 0 Å². The van der Waals surface area contributed by atoms with E-state index in [1.165, 1.54) is 37.8 Å². The average molecular weight is 280 g/mol. The van der Waals surface area contributed by atoms with Gasteiger partial charge in [0.15, 0.2) is 0 Å². The summed E-state index contributed by atoms with van der Waals surface area (Å²) in [5.74, 6) is -0.977. The van der Waals surface area contributed by atoms with E-state index in [4.69, 9.17) is 0 Å². The normalized spacial score (nSPS) is 29.9. The van der Waals surface area contributed by atoms with Crippen molar-refractivity contribution in [2.45, 2.75) is 50.2 Å². The molecule has 2 aliphatic heterocycles. The molecule has 0 saturated carbocycles. The molecule has 0 aliphatic carbocycles. The van der Waals surface area contributed by atoms with Crippen molar-refractivity contribution in [1.29, 1.82) is 0 Å². The number of benzene rings is 1. The largest absolute Gasteiger partial charge is 0.314 e. The Labute approximate surface area is 119 Å². The molecule has 1 aromatic rings. The Hall–Kier alpha value is -1.00. The summed E-state index contributed by atoms with van der Waals surface area (Å²) in [6.45, 7) is 0.788. The summed E-state index contributed by atoms with van der Waals surface area (Å²) < 4.78 is 26.2. The van der Waals surface area contributed by atoms with Gasteiger partial charge in [-0.2, -0.15) is 0 Å². The van der Waals surface area contributed by atoms with Gasteiger partial charge in [0, 0.05) is 24.2 Å². The van der Waals surface area contributed by atoms with E-state index < -0.39 is 11.6 Å². The maximum atomic E-state index is 13.1. The quantitative estimate of drug-likeness (QED) is 0.912. The van der Waals surface area contributed by atoms with Crippen molar-refractivity contribution in [2.75, 3.05) is 13.6 Å². The molecule has 2 aliphatic rings. The average Bonchev–Trinajstić information content (AvgIpc) is 2.61. The van der Waals surface area contributed by atoms with Crippen molar-refractivity contribution in [3.8, 4) is 0 Å². The zero-order valence-corrected chi connectivity index (χ0v) is 11.9. The van der Waals surface area contributed by atoms with Crippen LogP contribution in [0.25, 0.3) is 0 Å². The molecule has 1 N–H and O–H groups in total. The molecule has 3 rings (SSSR count). The Morgan fingerprint density at radius 3 is 2.30 bits per heavy atom. The highest BCUT2D eigenvalue weighted by Crippen LogP contribution is 2.34. The van der Waals surface area contributed by atoms with E-state index in [2.05, 4.69) is 17.3 Å². The standard InChI is InChI=1S/C16H22F2N2/c1-20-15-2-3-16(20)10-14(9-15)19-5-4-11-6-12(17)8-13(18)7-11/h6-8,14-16,19H,2-5,9-10H2,1H3. The highest BCUT2D eigenvalue weighted by atomic mass is 19.1. The summed E-state index contributed by atoms with van der Waals surface area (Å²) in [6, 6.07) is 5.76. The van der Waals surface area contributed by atoms with Crippen molar-refractivity contribution >= 4 is 0 Å². The van der Waals surface area contributed by atoms with Crippen LogP contribution in [0.2, 0.25) is 0 Å². The van der Waals surface area contributed by atoms with Gasteiger partial charge in [0.2, 0.25) is 0 Å². The number of fused-ring (bicyclic) bond motifs is 2. The summed E-state index contributed by atoms with van der Waals surface area (Å²) in [7, 11) is 2.23. The van der Waals surface area contributed by atoms with E-state index in [0.717, 1.165) is 30.3 Å². The van der Waals surface area contributed by atoms with Crippen LogP contribution in [0.1, 0.15) is 31.2 Å². The molecule has 2 nitrogen and oxygen atoms in total. The second kappa shape index (κ2) is 5.78. The number of hydrogen-bond donors (Lipinski definition) is 1. The van der Waals surface area contributed by atoms with Gasteiger partial charge in [0.05, 0.1) is 0 Å². The zero-order chi connectivity index (χ0) is 14.1. The van der Waals surface area contributed by atoms with Crippen molar-refractivity contribution in [1.82, 2.24) is 10.2 Å². The number of hydrogen-bond acceptors (Lipinski definition) is 2. The molecule has 0 radical (unpaired) electrons. The molecule has 20 heavy (non-hydrogen) atoms. The van der Waals surface area contributed by atoms with Gasteiger partial charge >= 0.3 is 0 Å². The van der Waals surface area contributed by atoms with E-state index in [9.17, 15) is 8.78 Å². The van der Waals surface area contributed by atoms with Crippen LogP contribution in [-0.4, -0.2) is 36.6 Å². The van der Waals surface area contributed by atoms with Gasteiger partial charge < -0.3 is 10.2 Å². The second-order valence-electron chi connectivity index (χ2n) is 6.20. The van der Waals surface area contributed by atoms with E-state index >= 15 is 0 Å². The molecule has 2 atom stereocenters. The van der Waals surface area contributed by atoms with Gasteiger partial charge in [-0.15, -0.1) is 0 Å². The number of nitrogens with zero attached hydrogens (tertiary/aromatic N) is 1. The number of piperidine rings is 1. The van der Waals surface area contributed by atoms with Gasteiger partial charge in [-0.25, -0.2) is 8.78 Å². The molecule has 2 bridgehead atoms. The van der Waals surface area contributed by atoms with Crippen LogP contribution < -0.4 is 5.32 Å². The monoisotopic (exact) mass is 280 g/mol. The zero-order valence-electron chi connectivity index (χ0n) is 11.9. The first-order chi connectivity index (χ1) is 9.61. The Morgan fingerprint density at radius 2 is 1.70 bits per heavy atom. The number of halogens is 2. The second-order valence-corrected chi connectivity index (χ2v) is 6.20. The Morgan fingerprint density at radius 1 is 1.10 bits per heavy atom. The molecule has 0 aromatic heterocycles. The van der Waals surface area contributed by atoms with Crippen LogP contribution in [0.5, 0.6) is 0 Å². The molecule has 2 saturated heterocycles. The maximum absolute atomic E-state index is 13.1. The van der Waals surface area contributed by atoms with Gasteiger partial charge in [-0.1, -0.05) is 0 Å². The summed E-state index contributed by atoms with van der Waals surface area (Å²) in [6.07, 6.45) is 5.70. The minimum Gasteiger partial charge on any atom is -0.314 e. The Bertz CT molecular complexity index is 443. The van der Waals surface area contributed by atoms with Crippen LogP contribution in [0.4, 0.5) is 8.78 Å². The number of nitrogens with one attached hydrogen (secondary N) is 1. The van der Waals surface area contributed by atoms with Crippen LogP contribution in [0.3, 0.4) is 0 Å². The molecule has 2 fully saturated rings. The fourth-order valence-electron chi connectivity index (χ4n) is 3.75. The van der Waals surface area contributed by atoms with Crippen LogP contribution in [0, 0.1) is 11.6 Å². The van der Waals surface area contributed by atoms with Gasteiger partial charge in [0.25, 0.3) is 0 Å². The first-order valence-electron chi connectivity index (χ1n) is 7.52. The fraction of sp³-hybridized carbons (Fsp3) is 0.625. The molecule has 2 unspecified atom stereocenters. The van der Waals surface area contributed by atoms with Crippen molar-refractivity contribution in [2.24, 2.45) is 0 Å². The third kappa shape index (κ3) is 3.01. The first-order valence-corrected chi connectivity index (χ1v) is 7.52. The smallest absolute Gasteiger partial charge is 0.126 e. The summed E-state index contributed by atoms with van der Waals surface area (Å²) in [5.41, 5.74) is 0.728. The van der Waals surface area contributed by atoms with Crippen LogP contribution in [0.15, 0.2) is 18.2 Å². The van der Waals surface area contributed by atoms with Crippen LogP contribution in [-0.2, 0) is 6.42 Å². The van der Waals surface area contributed by atoms with E-state index in [0.29, 0.717) is 12.5 Å². The lowest BCUT2D eigenvalue weighted by atomic mass is 9.98. The third-order valence-corrected chi connectivity index (χ3v) is 4.87. The number of rotatable bonds is 4. The summed E-state index contributed by atoms with van der Waals surface area (Å²) >= 11 is 0. The Balaban J connectivity index is 1.48. The molecule has 1 aromatic carbocycles. The molecular formula is C16H22F2N2. The molecule has 110 valence electrons. The van der Waals surface area contributed by atoms with Crippen molar-refractivity contribution in [3.63, 3.8) is 0 Å². The summed E-state index contributed by atoms with van der Waals surface area (Å²) in [5, 5.41) is 3.56. The predicted molar refractivity (Wildman–Crippen MR) is 75.7 cm³/mol. The van der Waals surface area contributed by atoms with Gasteiger partial charge in [0.1, 0.15) is 11.6 Å². The third-order valence-electron chi connectivity index (χ3n) is 4.87.